The van der Waals surface area contributed by atoms with Crippen LogP contribution in [0.25, 0.3) is 0 Å². The SMILES string of the molecule is CCC(CCNC(=O)c1ccc(C)s1)CCC(=O)O. The number of amides is 1. The molecule has 1 atom stereocenters. The number of carbonyl (C=O) groups is 2. The van der Waals surface area contributed by atoms with Crippen LogP contribution in [-0.4, -0.2) is 23.5 Å². The summed E-state index contributed by atoms with van der Waals surface area (Å²) in [6.45, 7) is 4.63. The number of hydrogen-bond donors (Lipinski definition) is 2. The fourth-order valence-corrected chi connectivity index (χ4v) is 2.70. The van der Waals surface area contributed by atoms with E-state index in [1.807, 2.05) is 19.1 Å². The van der Waals surface area contributed by atoms with E-state index in [4.69, 9.17) is 5.11 Å². The molecule has 19 heavy (non-hydrogen) atoms. The van der Waals surface area contributed by atoms with Gasteiger partial charge in [0.2, 0.25) is 0 Å². The third kappa shape index (κ3) is 5.87. The second-order valence-electron chi connectivity index (χ2n) is 4.66. The van der Waals surface area contributed by atoms with Crippen LogP contribution in [0.15, 0.2) is 12.1 Å². The van der Waals surface area contributed by atoms with Gasteiger partial charge in [-0.3, -0.25) is 9.59 Å². The number of rotatable bonds is 8. The molecule has 2 N–H and O–H groups in total. The molecule has 1 aromatic rings. The zero-order valence-corrected chi connectivity index (χ0v) is 12.3. The molecule has 1 unspecified atom stereocenters. The van der Waals surface area contributed by atoms with Crippen LogP contribution in [-0.2, 0) is 4.79 Å². The van der Waals surface area contributed by atoms with Crippen molar-refractivity contribution in [2.75, 3.05) is 6.54 Å². The Balaban J connectivity index is 2.28. The molecule has 106 valence electrons. The van der Waals surface area contributed by atoms with Crippen LogP contribution in [0.4, 0.5) is 0 Å². The van der Waals surface area contributed by atoms with Gasteiger partial charge in [-0.15, -0.1) is 11.3 Å². The summed E-state index contributed by atoms with van der Waals surface area (Å²) in [5, 5.41) is 11.5. The molecule has 0 radical (unpaired) electrons. The van der Waals surface area contributed by atoms with Gasteiger partial charge in [-0.05, 0) is 37.8 Å². The summed E-state index contributed by atoms with van der Waals surface area (Å²) < 4.78 is 0. The Kier molecular flexibility index (Phi) is 6.56. The summed E-state index contributed by atoms with van der Waals surface area (Å²) in [4.78, 5) is 24.2. The summed E-state index contributed by atoms with van der Waals surface area (Å²) >= 11 is 1.48. The minimum atomic E-state index is -0.753. The molecule has 0 aliphatic carbocycles. The van der Waals surface area contributed by atoms with Gasteiger partial charge >= 0.3 is 5.97 Å². The number of carboxylic acid groups (broad SMARTS) is 1. The van der Waals surface area contributed by atoms with Crippen LogP contribution < -0.4 is 5.32 Å². The van der Waals surface area contributed by atoms with Gasteiger partial charge in [0.1, 0.15) is 0 Å². The van der Waals surface area contributed by atoms with Gasteiger partial charge in [0, 0.05) is 17.8 Å². The van der Waals surface area contributed by atoms with E-state index in [2.05, 4.69) is 12.2 Å². The highest BCUT2D eigenvalue weighted by Crippen LogP contribution is 2.16. The molecular formula is C14H21NO3S. The van der Waals surface area contributed by atoms with Crippen molar-refractivity contribution in [3.63, 3.8) is 0 Å². The fourth-order valence-electron chi connectivity index (χ4n) is 1.91. The normalized spacial score (nSPS) is 12.1. The van der Waals surface area contributed by atoms with Gasteiger partial charge in [0.05, 0.1) is 4.88 Å². The molecule has 0 saturated heterocycles. The van der Waals surface area contributed by atoms with Crippen molar-refractivity contribution in [1.29, 1.82) is 0 Å². The predicted octanol–water partition coefficient (Wildman–Crippen LogP) is 3.07. The Morgan fingerprint density at radius 3 is 2.63 bits per heavy atom. The first-order valence-electron chi connectivity index (χ1n) is 6.59. The van der Waals surface area contributed by atoms with Crippen molar-refractivity contribution in [3.8, 4) is 0 Å². The van der Waals surface area contributed by atoms with Crippen LogP contribution in [0.5, 0.6) is 0 Å². The van der Waals surface area contributed by atoms with E-state index in [1.54, 1.807) is 0 Å². The van der Waals surface area contributed by atoms with Gasteiger partial charge in [0.25, 0.3) is 5.91 Å². The topological polar surface area (TPSA) is 66.4 Å². The van der Waals surface area contributed by atoms with Crippen LogP contribution in [0.2, 0.25) is 0 Å². The zero-order chi connectivity index (χ0) is 14.3. The van der Waals surface area contributed by atoms with Gasteiger partial charge in [-0.2, -0.15) is 0 Å². The molecule has 0 fully saturated rings. The summed E-state index contributed by atoms with van der Waals surface area (Å²) in [7, 11) is 0. The van der Waals surface area contributed by atoms with E-state index in [-0.39, 0.29) is 12.3 Å². The maximum Gasteiger partial charge on any atom is 0.303 e. The Labute approximate surface area is 117 Å². The summed E-state index contributed by atoms with van der Waals surface area (Å²) in [6, 6.07) is 3.76. The first kappa shape index (κ1) is 15.7. The molecule has 1 rings (SSSR count). The summed E-state index contributed by atoms with van der Waals surface area (Å²) in [5.41, 5.74) is 0. The average Bonchev–Trinajstić information content (AvgIpc) is 2.79. The Bertz CT molecular complexity index is 428. The van der Waals surface area contributed by atoms with Crippen molar-refractivity contribution in [1.82, 2.24) is 5.32 Å². The minimum absolute atomic E-state index is 0.0359. The molecule has 4 nitrogen and oxygen atoms in total. The van der Waals surface area contributed by atoms with Crippen LogP contribution in [0.1, 0.15) is 47.2 Å². The molecule has 0 aliphatic heterocycles. The van der Waals surface area contributed by atoms with E-state index in [9.17, 15) is 9.59 Å². The third-order valence-electron chi connectivity index (χ3n) is 3.15. The summed E-state index contributed by atoms with van der Waals surface area (Å²) in [6.07, 6.45) is 2.66. The molecule has 5 heteroatoms. The Morgan fingerprint density at radius 1 is 1.37 bits per heavy atom. The van der Waals surface area contributed by atoms with Gasteiger partial charge in [0.15, 0.2) is 0 Å². The lowest BCUT2D eigenvalue weighted by atomic mass is 9.97. The monoisotopic (exact) mass is 283 g/mol. The Morgan fingerprint density at radius 2 is 2.11 bits per heavy atom. The lowest BCUT2D eigenvalue weighted by Crippen LogP contribution is -2.25. The van der Waals surface area contributed by atoms with E-state index < -0.39 is 5.97 Å². The molecule has 0 aromatic carbocycles. The van der Waals surface area contributed by atoms with Crippen LogP contribution >= 0.6 is 11.3 Å². The second-order valence-corrected chi connectivity index (χ2v) is 5.95. The third-order valence-corrected chi connectivity index (χ3v) is 4.15. The van der Waals surface area contributed by atoms with Gasteiger partial charge < -0.3 is 10.4 Å². The average molecular weight is 283 g/mol. The lowest BCUT2D eigenvalue weighted by Gasteiger charge is -2.13. The highest BCUT2D eigenvalue weighted by molar-refractivity contribution is 7.13. The number of hydrogen-bond acceptors (Lipinski definition) is 3. The van der Waals surface area contributed by atoms with E-state index in [0.717, 1.165) is 22.6 Å². The molecule has 0 bridgehead atoms. The molecule has 1 aromatic heterocycles. The van der Waals surface area contributed by atoms with Crippen molar-refractivity contribution < 1.29 is 14.7 Å². The van der Waals surface area contributed by atoms with E-state index >= 15 is 0 Å². The fraction of sp³-hybridized carbons (Fsp3) is 0.571. The molecule has 1 heterocycles. The van der Waals surface area contributed by atoms with Crippen LogP contribution in [0, 0.1) is 12.8 Å². The molecular weight excluding hydrogens is 262 g/mol. The van der Waals surface area contributed by atoms with E-state index in [1.165, 1.54) is 11.3 Å². The quantitative estimate of drug-likeness (QED) is 0.770. The number of aryl methyl sites for hydroxylation is 1. The maximum atomic E-state index is 11.8. The standard InChI is InChI=1S/C14H21NO3S/c1-3-11(5-7-13(16)17)8-9-15-14(18)12-6-4-10(2)19-12/h4,6,11H,3,5,7-9H2,1-2H3,(H,15,18)(H,16,17). The van der Waals surface area contributed by atoms with E-state index in [0.29, 0.717) is 18.9 Å². The largest absolute Gasteiger partial charge is 0.481 e. The van der Waals surface area contributed by atoms with Crippen LogP contribution in [0.3, 0.4) is 0 Å². The number of nitrogens with one attached hydrogen (secondary N) is 1. The van der Waals surface area contributed by atoms with Crippen molar-refractivity contribution in [2.45, 2.75) is 39.5 Å². The van der Waals surface area contributed by atoms with Gasteiger partial charge in [-0.25, -0.2) is 0 Å². The highest BCUT2D eigenvalue weighted by Gasteiger charge is 2.11. The number of carbonyl (C=O) groups excluding carboxylic acids is 1. The second kappa shape index (κ2) is 7.94. The first-order chi connectivity index (χ1) is 9.02. The Hall–Kier alpha value is -1.36. The molecule has 0 spiro atoms. The summed E-state index contributed by atoms with van der Waals surface area (Å²) in [5.74, 6) is -0.427. The predicted molar refractivity (Wildman–Crippen MR) is 76.7 cm³/mol. The lowest BCUT2D eigenvalue weighted by molar-refractivity contribution is -0.137. The smallest absolute Gasteiger partial charge is 0.303 e. The zero-order valence-electron chi connectivity index (χ0n) is 11.4. The number of aliphatic carboxylic acids is 1. The van der Waals surface area contributed by atoms with Gasteiger partial charge in [-0.1, -0.05) is 13.3 Å². The van der Waals surface area contributed by atoms with Crippen molar-refractivity contribution in [2.24, 2.45) is 5.92 Å². The molecule has 1 amide bonds. The van der Waals surface area contributed by atoms with Crippen molar-refractivity contribution in [3.05, 3.63) is 21.9 Å². The minimum Gasteiger partial charge on any atom is -0.481 e. The first-order valence-corrected chi connectivity index (χ1v) is 7.41. The molecule has 0 saturated carbocycles. The number of thiophene rings is 1. The highest BCUT2D eigenvalue weighted by atomic mass is 32.1. The molecule has 0 aliphatic rings. The van der Waals surface area contributed by atoms with Crippen molar-refractivity contribution >= 4 is 23.2 Å². The maximum absolute atomic E-state index is 11.8. The number of carboxylic acids is 1.